The lowest BCUT2D eigenvalue weighted by Crippen LogP contribution is -2.06. The Morgan fingerprint density at radius 2 is 0.821 bits per heavy atom. The zero-order chi connectivity index (χ0) is 37.0. The lowest BCUT2D eigenvalue weighted by atomic mass is 9.93. The molecule has 0 N–H and O–H groups in total. The highest BCUT2D eigenvalue weighted by Gasteiger charge is 2.22. The van der Waals surface area contributed by atoms with E-state index in [1.54, 1.807) is 0 Å². The van der Waals surface area contributed by atoms with Crippen molar-refractivity contribution < 1.29 is 4.42 Å². The second-order valence-electron chi connectivity index (χ2n) is 14.0. The molecule has 8 aromatic carbocycles. The Morgan fingerprint density at radius 3 is 1.50 bits per heavy atom. The number of nitrogens with zero attached hydrogens (tertiary/aromatic N) is 4. The molecule has 3 heterocycles. The minimum absolute atomic E-state index is 0.529. The fraction of sp³-hybridized carbons (Fsp3) is 0. The third-order valence-electron chi connectivity index (χ3n) is 10.7. The molecule has 0 saturated heterocycles. The molecule has 0 spiro atoms. The van der Waals surface area contributed by atoms with Gasteiger partial charge in [-0.25, -0.2) is 4.98 Å². The zero-order valence-electron chi connectivity index (χ0n) is 30.2. The standard InChI is InChI=1S/C51H32N4O/c1-3-13-33(14-4-1)34-23-25-35(26-24-34)39-17-7-8-18-40(39)36-27-29-38(30-28-36)50-52-49(37-15-5-2-6-16-37)53-51(54-50)55-45-21-11-9-19-41(45)43-31-32-44-42-20-10-12-22-46(42)56-48(44)47(43)55/h1-32H. The topological polar surface area (TPSA) is 56.7 Å². The number of aromatic nitrogens is 4. The van der Waals surface area contributed by atoms with Gasteiger partial charge in [0.05, 0.1) is 5.52 Å². The molecule has 0 atom stereocenters. The lowest BCUT2D eigenvalue weighted by Gasteiger charge is -2.13. The van der Waals surface area contributed by atoms with Gasteiger partial charge < -0.3 is 4.42 Å². The van der Waals surface area contributed by atoms with Crippen LogP contribution in [0.3, 0.4) is 0 Å². The summed E-state index contributed by atoms with van der Waals surface area (Å²) in [7, 11) is 0. The first kappa shape index (κ1) is 31.9. The highest BCUT2D eigenvalue weighted by molar-refractivity contribution is 6.21. The normalized spacial score (nSPS) is 11.6. The summed E-state index contributed by atoms with van der Waals surface area (Å²) >= 11 is 0. The van der Waals surface area contributed by atoms with E-state index >= 15 is 0 Å². The molecule has 0 bridgehead atoms. The number of rotatable bonds is 6. The van der Waals surface area contributed by atoms with Crippen LogP contribution in [-0.4, -0.2) is 19.5 Å². The largest absolute Gasteiger partial charge is 0.454 e. The first-order valence-corrected chi connectivity index (χ1v) is 18.8. The molecule has 11 rings (SSSR count). The molecule has 0 aliphatic carbocycles. The summed E-state index contributed by atoms with van der Waals surface area (Å²) in [4.78, 5) is 15.5. The van der Waals surface area contributed by atoms with Gasteiger partial charge in [-0.05, 0) is 51.6 Å². The van der Waals surface area contributed by atoms with Crippen molar-refractivity contribution in [3.63, 3.8) is 0 Å². The average Bonchev–Trinajstić information content (AvgIpc) is 3.83. The third kappa shape index (κ3) is 5.29. The predicted molar refractivity (Wildman–Crippen MR) is 229 cm³/mol. The summed E-state index contributed by atoms with van der Waals surface area (Å²) < 4.78 is 8.76. The van der Waals surface area contributed by atoms with Gasteiger partial charge in [0.1, 0.15) is 11.1 Å². The quantitative estimate of drug-likeness (QED) is 0.172. The first-order chi connectivity index (χ1) is 27.8. The van der Waals surface area contributed by atoms with E-state index in [0.717, 1.165) is 66.0 Å². The molecule has 5 heteroatoms. The molecule has 56 heavy (non-hydrogen) atoms. The van der Waals surface area contributed by atoms with Crippen LogP contribution in [0.2, 0.25) is 0 Å². The molecular formula is C51H32N4O. The van der Waals surface area contributed by atoms with Crippen LogP contribution < -0.4 is 0 Å². The predicted octanol–water partition coefficient (Wildman–Crippen LogP) is 13.2. The number of fused-ring (bicyclic) bond motifs is 7. The Bertz CT molecular complexity index is 3220. The Labute approximate surface area is 322 Å². The monoisotopic (exact) mass is 716 g/mol. The van der Waals surface area contributed by atoms with Crippen LogP contribution in [0.4, 0.5) is 0 Å². The van der Waals surface area contributed by atoms with Gasteiger partial charge in [0, 0.05) is 32.7 Å². The second-order valence-corrected chi connectivity index (χ2v) is 14.0. The van der Waals surface area contributed by atoms with Crippen LogP contribution in [-0.2, 0) is 0 Å². The average molecular weight is 717 g/mol. The maximum atomic E-state index is 6.62. The Hall–Kier alpha value is -7.63. The van der Waals surface area contributed by atoms with E-state index < -0.39 is 0 Å². The fourth-order valence-corrected chi connectivity index (χ4v) is 8.01. The molecule has 0 saturated carbocycles. The zero-order valence-corrected chi connectivity index (χ0v) is 30.2. The number of hydrogen-bond acceptors (Lipinski definition) is 4. The molecule has 0 amide bonds. The van der Waals surface area contributed by atoms with E-state index in [1.807, 2.05) is 48.5 Å². The molecule has 262 valence electrons. The van der Waals surface area contributed by atoms with Crippen molar-refractivity contribution in [3.05, 3.63) is 194 Å². The van der Waals surface area contributed by atoms with Crippen molar-refractivity contribution in [2.45, 2.75) is 0 Å². The molecule has 11 aromatic rings. The maximum absolute atomic E-state index is 6.62. The smallest absolute Gasteiger partial charge is 0.238 e. The van der Waals surface area contributed by atoms with Gasteiger partial charge in [0.15, 0.2) is 17.2 Å². The first-order valence-electron chi connectivity index (χ1n) is 18.8. The molecule has 3 aromatic heterocycles. The van der Waals surface area contributed by atoms with Crippen LogP contribution in [0.15, 0.2) is 199 Å². The van der Waals surface area contributed by atoms with Crippen molar-refractivity contribution in [1.82, 2.24) is 19.5 Å². The highest BCUT2D eigenvalue weighted by Crippen LogP contribution is 2.40. The van der Waals surface area contributed by atoms with E-state index in [-0.39, 0.29) is 0 Å². The Morgan fingerprint density at radius 1 is 0.339 bits per heavy atom. The summed E-state index contributed by atoms with van der Waals surface area (Å²) in [5.74, 6) is 1.72. The number of benzene rings is 8. The van der Waals surface area contributed by atoms with Crippen LogP contribution in [0, 0.1) is 0 Å². The van der Waals surface area contributed by atoms with Gasteiger partial charge in [0.2, 0.25) is 5.95 Å². The van der Waals surface area contributed by atoms with Gasteiger partial charge >= 0.3 is 0 Å². The van der Waals surface area contributed by atoms with Crippen LogP contribution in [0.25, 0.3) is 106 Å². The molecule has 0 unspecified atom stereocenters. The van der Waals surface area contributed by atoms with Gasteiger partial charge in [-0.2, -0.15) is 9.97 Å². The number of furan rings is 1. The summed E-state index contributed by atoms with van der Waals surface area (Å²) in [5.41, 5.74) is 12.4. The van der Waals surface area contributed by atoms with Crippen molar-refractivity contribution in [3.8, 4) is 62.1 Å². The van der Waals surface area contributed by atoms with E-state index in [2.05, 4.69) is 150 Å². The summed E-state index contributed by atoms with van der Waals surface area (Å²) in [6, 6.07) is 67.5. The SMILES string of the molecule is c1ccc(-c2ccc(-c3ccccc3-c3ccc(-c4nc(-c5ccccc5)nc(-n5c6ccccc6c6ccc7c8ccccc8oc7c65)n4)cc3)cc2)cc1. The molecular weight excluding hydrogens is 685 g/mol. The van der Waals surface area contributed by atoms with Gasteiger partial charge in [-0.3, -0.25) is 4.57 Å². The van der Waals surface area contributed by atoms with Gasteiger partial charge in [-0.1, -0.05) is 176 Å². The van der Waals surface area contributed by atoms with Crippen molar-refractivity contribution in [1.29, 1.82) is 0 Å². The van der Waals surface area contributed by atoms with Crippen molar-refractivity contribution >= 4 is 43.7 Å². The molecule has 5 nitrogen and oxygen atoms in total. The number of para-hydroxylation sites is 2. The lowest BCUT2D eigenvalue weighted by molar-refractivity contribution is 0.670. The molecule has 0 radical (unpaired) electrons. The van der Waals surface area contributed by atoms with Gasteiger partial charge in [-0.15, -0.1) is 0 Å². The minimum atomic E-state index is 0.529. The van der Waals surface area contributed by atoms with Crippen molar-refractivity contribution in [2.24, 2.45) is 0 Å². The Kier molecular flexibility index (Phi) is 7.42. The van der Waals surface area contributed by atoms with Crippen molar-refractivity contribution in [2.75, 3.05) is 0 Å². The van der Waals surface area contributed by atoms with E-state index in [0.29, 0.717) is 17.6 Å². The highest BCUT2D eigenvalue weighted by atomic mass is 16.3. The second kappa shape index (κ2) is 13.0. The molecule has 0 aliphatic heterocycles. The summed E-state index contributed by atoms with van der Waals surface area (Å²) in [6.45, 7) is 0. The maximum Gasteiger partial charge on any atom is 0.238 e. The Balaban J connectivity index is 1.06. The van der Waals surface area contributed by atoms with E-state index in [9.17, 15) is 0 Å². The minimum Gasteiger partial charge on any atom is -0.454 e. The summed E-state index contributed by atoms with van der Waals surface area (Å²) in [6.07, 6.45) is 0. The van der Waals surface area contributed by atoms with E-state index in [1.165, 1.54) is 22.3 Å². The summed E-state index contributed by atoms with van der Waals surface area (Å²) in [5, 5.41) is 4.31. The molecule has 0 fully saturated rings. The molecule has 0 aliphatic rings. The fourth-order valence-electron chi connectivity index (χ4n) is 8.01. The van der Waals surface area contributed by atoms with Crippen LogP contribution >= 0.6 is 0 Å². The van der Waals surface area contributed by atoms with Crippen LogP contribution in [0.1, 0.15) is 0 Å². The third-order valence-corrected chi connectivity index (χ3v) is 10.7. The van der Waals surface area contributed by atoms with Crippen LogP contribution in [0.5, 0.6) is 0 Å². The van der Waals surface area contributed by atoms with E-state index in [4.69, 9.17) is 19.4 Å². The van der Waals surface area contributed by atoms with Gasteiger partial charge in [0.25, 0.3) is 0 Å². The number of hydrogen-bond donors (Lipinski definition) is 0.